The Morgan fingerprint density at radius 2 is 1.89 bits per heavy atom. The lowest BCUT2D eigenvalue weighted by molar-refractivity contribution is -0.137. The minimum Gasteiger partial charge on any atom is -0.422 e. The third kappa shape index (κ3) is 2.21. The van der Waals surface area contributed by atoms with Gasteiger partial charge in [-0.2, -0.15) is 18.2 Å². The predicted octanol–water partition coefficient (Wildman–Crippen LogP) is 2.31. The molecule has 1 N–H and O–H groups in total. The van der Waals surface area contributed by atoms with Crippen LogP contribution in [0.2, 0.25) is 0 Å². The molecule has 3 aromatic rings. The minimum atomic E-state index is -4.41. The summed E-state index contributed by atoms with van der Waals surface area (Å²) < 4.78 is 42.8. The molecule has 0 aliphatic carbocycles. The van der Waals surface area contributed by atoms with Crippen molar-refractivity contribution < 1.29 is 17.6 Å². The van der Waals surface area contributed by atoms with Gasteiger partial charge in [0.2, 0.25) is 0 Å². The van der Waals surface area contributed by atoms with E-state index in [0.29, 0.717) is 0 Å². The van der Waals surface area contributed by atoms with Gasteiger partial charge in [0.05, 0.1) is 18.0 Å². The van der Waals surface area contributed by atoms with Gasteiger partial charge in [-0.1, -0.05) is 4.91 Å². The molecule has 0 saturated carbocycles. The molecule has 9 heteroatoms. The molecule has 0 radical (unpaired) electrons. The van der Waals surface area contributed by atoms with Gasteiger partial charge in [0.25, 0.3) is 0 Å². The third-order valence-electron chi connectivity index (χ3n) is 2.33. The first-order chi connectivity index (χ1) is 9.02. The summed E-state index contributed by atoms with van der Waals surface area (Å²) in [5.74, 6) is 0. The largest absolute Gasteiger partial charge is 0.422 e. The number of fused-ring (bicyclic) bond motifs is 1. The molecule has 98 valence electrons. The SMILES string of the molecule is FC(F)(F)c1ccc2oc(Nn3nccn3)nc2c1. The number of aromatic nitrogens is 4. The van der Waals surface area contributed by atoms with Gasteiger partial charge < -0.3 is 4.42 Å². The van der Waals surface area contributed by atoms with E-state index >= 15 is 0 Å². The highest BCUT2D eigenvalue weighted by atomic mass is 19.4. The van der Waals surface area contributed by atoms with Crippen molar-refractivity contribution in [2.75, 3.05) is 5.43 Å². The maximum absolute atomic E-state index is 12.5. The Morgan fingerprint density at radius 1 is 1.16 bits per heavy atom. The molecule has 0 atom stereocenters. The van der Waals surface area contributed by atoms with E-state index in [-0.39, 0.29) is 17.1 Å². The number of hydrogen-bond donors (Lipinski definition) is 1. The molecule has 0 bridgehead atoms. The van der Waals surface area contributed by atoms with Crippen LogP contribution in [0.3, 0.4) is 0 Å². The second-order valence-corrected chi connectivity index (χ2v) is 3.63. The molecule has 2 aromatic heterocycles. The molecule has 0 amide bonds. The maximum atomic E-state index is 12.5. The average molecular weight is 269 g/mol. The number of benzene rings is 1. The second-order valence-electron chi connectivity index (χ2n) is 3.63. The number of halogens is 3. The lowest BCUT2D eigenvalue weighted by atomic mass is 10.2. The van der Waals surface area contributed by atoms with Gasteiger partial charge >= 0.3 is 12.2 Å². The molecule has 2 heterocycles. The summed E-state index contributed by atoms with van der Waals surface area (Å²) in [6, 6.07) is 3.07. The van der Waals surface area contributed by atoms with Crippen molar-refractivity contribution in [3.8, 4) is 0 Å². The predicted molar refractivity (Wildman–Crippen MR) is 58.1 cm³/mol. The van der Waals surface area contributed by atoms with Gasteiger partial charge in [-0.3, -0.25) is 0 Å². The van der Waals surface area contributed by atoms with Crippen LogP contribution in [0.5, 0.6) is 0 Å². The van der Waals surface area contributed by atoms with E-state index in [1.165, 1.54) is 18.5 Å². The summed E-state index contributed by atoms with van der Waals surface area (Å²) in [6.45, 7) is 0. The Hall–Kier alpha value is -2.58. The van der Waals surface area contributed by atoms with E-state index in [4.69, 9.17) is 4.42 Å². The van der Waals surface area contributed by atoms with E-state index in [1.807, 2.05) is 0 Å². The summed E-state index contributed by atoms with van der Waals surface area (Å²) in [7, 11) is 0. The quantitative estimate of drug-likeness (QED) is 0.773. The summed E-state index contributed by atoms with van der Waals surface area (Å²) >= 11 is 0. The average Bonchev–Trinajstić information content (AvgIpc) is 2.95. The lowest BCUT2D eigenvalue weighted by Gasteiger charge is -2.04. The molecule has 6 nitrogen and oxygen atoms in total. The van der Waals surface area contributed by atoms with E-state index < -0.39 is 11.7 Å². The molecule has 0 aliphatic rings. The number of rotatable bonds is 2. The fraction of sp³-hybridized carbons (Fsp3) is 0.100. The summed E-state index contributed by atoms with van der Waals surface area (Å²) in [4.78, 5) is 4.96. The molecule has 1 aromatic carbocycles. The zero-order chi connectivity index (χ0) is 13.5. The first-order valence-electron chi connectivity index (χ1n) is 5.13. The standard InChI is InChI=1S/C10H6F3N5O/c11-10(12,13)6-1-2-8-7(5-6)16-9(19-8)17-18-14-3-4-15-18/h1-5H,(H,16,17). The number of alkyl halides is 3. The van der Waals surface area contributed by atoms with E-state index in [9.17, 15) is 13.2 Å². The fourth-order valence-corrected chi connectivity index (χ4v) is 1.51. The van der Waals surface area contributed by atoms with Gasteiger partial charge in [0.1, 0.15) is 5.52 Å². The molecule has 0 aliphatic heterocycles. The first-order valence-corrected chi connectivity index (χ1v) is 5.13. The van der Waals surface area contributed by atoms with E-state index in [2.05, 4.69) is 20.6 Å². The number of hydrogen-bond acceptors (Lipinski definition) is 5. The molecule has 3 rings (SSSR count). The molecule has 0 fully saturated rings. The van der Waals surface area contributed by atoms with Gasteiger partial charge in [0, 0.05) is 0 Å². The van der Waals surface area contributed by atoms with E-state index in [0.717, 1.165) is 17.0 Å². The van der Waals surface area contributed by atoms with Crippen molar-refractivity contribution >= 4 is 17.1 Å². The van der Waals surface area contributed by atoms with Gasteiger partial charge in [-0.15, -0.1) is 10.2 Å². The van der Waals surface area contributed by atoms with Crippen LogP contribution >= 0.6 is 0 Å². The monoisotopic (exact) mass is 269 g/mol. The van der Waals surface area contributed by atoms with Gasteiger partial charge in [-0.25, -0.2) is 5.43 Å². The Labute approximate surface area is 103 Å². The van der Waals surface area contributed by atoms with Crippen molar-refractivity contribution in [1.29, 1.82) is 0 Å². The highest BCUT2D eigenvalue weighted by Crippen LogP contribution is 2.31. The van der Waals surface area contributed by atoms with Crippen LogP contribution in [0.4, 0.5) is 19.2 Å². The van der Waals surface area contributed by atoms with Crippen LogP contribution in [0.15, 0.2) is 35.0 Å². The van der Waals surface area contributed by atoms with Crippen LogP contribution in [-0.4, -0.2) is 20.1 Å². The topological polar surface area (TPSA) is 68.8 Å². The van der Waals surface area contributed by atoms with Gasteiger partial charge in [-0.05, 0) is 18.2 Å². The molecule has 0 saturated heterocycles. The number of nitrogens with zero attached hydrogens (tertiary/aromatic N) is 4. The normalized spacial score (nSPS) is 11.9. The maximum Gasteiger partial charge on any atom is 0.416 e. The van der Waals surface area contributed by atoms with Crippen LogP contribution < -0.4 is 5.43 Å². The fourth-order valence-electron chi connectivity index (χ4n) is 1.51. The summed E-state index contributed by atoms with van der Waals surface area (Å²) in [5, 5.41) is 7.51. The third-order valence-corrected chi connectivity index (χ3v) is 2.33. The molecular weight excluding hydrogens is 263 g/mol. The van der Waals surface area contributed by atoms with Crippen molar-refractivity contribution in [2.45, 2.75) is 6.18 Å². The molecular formula is C10H6F3N5O. The minimum absolute atomic E-state index is 0.00512. The number of anilines is 1. The van der Waals surface area contributed by atoms with Crippen LogP contribution in [0.25, 0.3) is 11.1 Å². The molecule has 19 heavy (non-hydrogen) atoms. The Morgan fingerprint density at radius 3 is 2.58 bits per heavy atom. The zero-order valence-electron chi connectivity index (χ0n) is 9.22. The lowest BCUT2D eigenvalue weighted by Crippen LogP contribution is -2.12. The van der Waals surface area contributed by atoms with Crippen molar-refractivity contribution in [3.05, 3.63) is 36.2 Å². The Balaban J connectivity index is 1.97. The zero-order valence-corrected chi connectivity index (χ0v) is 9.22. The van der Waals surface area contributed by atoms with Gasteiger partial charge in [0.15, 0.2) is 5.58 Å². The summed E-state index contributed by atoms with van der Waals surface area (Å²) in [5.41, 5.74) is 2.13. The smallest absolute Gasteiger partial charge is 0.416 e. The highest BCUT2D eigenvalue weighted by Gasteiger charge is 2.31. The van der Waals surface area contributed by atoms with Crippen LogP contribution in [0.1, 0.15) is 5.56 Å². The molecule has 0 spiro atoms. The number of nitrogens with one attached hydrogen (secondary N) is 1. The van der Waals surface area contributed by atoms with Crippen molar-refractivity contribution in [2.24, 2.45) is 0 Å². The van der Waals surface area contributed by atoms with Crippen LogP contribution in [-0.2, 0) is 6.18 Å². The summed E-state index contributed by atoms with van der Waals surface area (Å²) in [6.07, 6.45) is -1.56. The second kappa shape index (κ2) is 3.97. The van der Waals surface area contributed by atoms with E-state index in [1.54, 1.807) is 0 Å². The molecule has 0 unspecified atom stereocenters. The van der Waals surface area contributed by atoms with Crippen molar-refractivity contribution in [3.63, 3.8) is 0 Å². The first kappa shape index (κ1) is 11.5. The van der Waals surface area contributed by atoms with Crippen molar-refractivity contribution in [1.82, 2.24) is 20.1 Å². The Kier molecular flexibility index (Phi) is 2.40. The Bertz CT molecular complexity index is 704. The van der Waals surface area contributed by atoms with Crippen LogP contribution in [0, 0.1) is 0 Å². The highest BCUT2D eigenvalue weighted by molar-refractivity contribution is 5.75. The number of oxazole rings is 1.